The molecule has 14 heteroatoms. The molecule has 1 aromatic carbocycles. The van der Waals surface area contributed by atoms with E-state index >= 15 is 4.39 Å². The van der Waals surface area contributed by atoms with Gasteiger partial charge in [0.05, 0.1) is 37.6 Å². The SMILES string of the molecule is CC(C)C[C@]1(C/C=C/C(N)=O)C[C@H](CNC(=O)COCCOCCNC(=O)[C@@]2(O)[C@H](C)C[C@H]3[C@@H]4CCC5=CC(=O)C=C[C@]5(C)[C@@]4(F)[C@@H](O)C[C@@]32C)ON1Cc1ccccc1. The number of hydrogen-bond donors (Lipinski definition) is 5. The molecular formula is C46H65FN4O9. The normalized spacial score (nSPS) is 36.2. The van der Waals surface area contributed by atoms with Gasteiger partial charge in [0.2, 0.25) is 11.8 Å². The summed E-state index contributed by atoms with van der Waals surface area (Å²) in [6.07, 6.45) is 9.19. The van der Waals surface area contributed by atoms with Crippen LogP contribution < -0.4 is 16.4 Å². The highest BCUT2D eigenvalue weighted by molar-refractivity contribution is 6.01. The highest BCUT2D eigenvalue weighted by Crippen LogP contribution is 2.70. The first-order valence-corrected chi connectivity index (χ1v) is 21.6. The Morgan fingerprint density at radius 1 is 1.08 bits per heavy atom. The zero-order valence-corrected chi connectivity index (χ0v) is 35.8. The number of fused-ring (bicyclic) bond motifs is 5. The van der Waals surface area contributed by atoms with Gasteiger partial charge in [-0.15, -0.1) is 0 Å². The summed E-state index contributed by atoms with van der Waals surface area (Å²) < 4.78 is 28.7. The lowest BCUT2D eigenvalue weighted by molar-refractivity contribution is -0.219. The van der Waals surface area contributed by atoms with E-state index in [0.29, 0.717) is 50.1 Å². The number of hydroxylamine groups is 2. The first-order valence-electron chi connectivity index (χ1n) is 21.6. The Hall–Kier alpha value is -3.79. The second-order valence-electron chi connectivity index (χ2n) is 18.7. The number of aliphatic hydroxyl groups excluding tert-OH is 1. The summed E-state index contributed by atoms with van der Waals surface area (Å²) in [7, 11) is 0. The maximum atomic E-state index is 17.5. The van der Waals surface area contributed by atoms with E-state index in [1.807, 2.05) is 42.3 Å². The molecule has 1 saturated heterocycles. The average Bonchev–Trinajstić information content (AvgIpc) is 3.62. The zero-order valence-electron chi connectivity index (χ0n) is 35.8. The van der Waals surface area contributed by atoms with Crippen molar-refractivity contribution in [2.45, 2.75) is 115 Å². The second kappa shape index (κ2) is 18.3. The van der Waals surface area contributed by atoms with Crippen LogP contribution in [0.5, 0.6) is 0 Å². The van der Waals surface area contributed by atoms with Crippen molar-refractivity contribution in [3.05, 3.63) is 71.8 Å². The number of amides is 3. The van der Waals surface area contributed by atoms with Crippen LogP contribution in [0.25, 0.3) is 0 Å². The van der Waals surface area contributed by atoms with E-state index in [9.17, 15) is 29.4 Å². The van der Waals surface area contributed by atoms with Crippen LogP contribution in [-0.2, 0) is 40.0 Å². The number of nitrogens with two attached hydrogens (primary N) is 1. The van der Waals surface area contributed by atoms with Crippen molar-refractivity contribution in [2.75, 3.05) is 39.5 Å². The molecule has 1 aromatic rings. The molecular weight excluding hydrogens is 772 g/mol. The van der Waals surface area contributed by atoms with E-state index in [4.69, 9.17) is 20.0 Å². The van der Waals surface area contributed by atoms with Crippen molar-refractivity contribution in [2.24, 2.45) is 40.2 Å². The Labute approximate surface area is 353 Å². The quantitative estimate of drug-likeness (QED) is 0.107. The van der Waals surface area contributed by atoms with Gasteiger partial charge in [0.15, 0.2) is 17.1 Å². The van der Waals surface area contributed by atoms with Crippen LogP contribution >= 0.6 is 0 Å². The van der Waals surface area contributed by atoms with Gasteiger partial charge >= 0.3 is 0 Å². The number of carbonyl (C=O) groups is 4. The van der Waals surface area contributed by atoms with E-state index in [2.05, 4.69) is 24.5 Å². The van der Waals surface area contributed by atoms with Crippen molar-refractivity contribution in [3.63, 3.8) is 0 Å². The first-order chi connectivity index (χ1) is 28.4. The molecule has 3 amide bonds. The third-order valence-electron chi connectivity index (χ3n) is 14.4. The van der Waals surface area contributed by atoms with Gasteiger partial charge in [0.1, 0.15) is 6.61 Å². The molecule has 13 nitrogen and oxygen atoms in total. The highest BCUT2D eigenvalue weighted by Gasteiger charge is 2.75. The summed E-state index contributed by atoms with van der Waals surface area (Å²) in [5.41, 5.74) is 0.641. The molecule has 10 atom stereocenters. The highest BCUT2D eigenvalue weighted by atomic mass is 19.1. The minimum absolute atomic E-state index is 0.0969. The molecule has 0 aromatic heterocycles. The summed E-state index contributed by atoms with van der Waals surface area (Å²) in [6, 6.07) is 9.99. The number of benzene rings is 1. The summed E-state index contributed by atoms with van der Waals surface area (Å²) in [5, 5.41) is 31.5. The molecule has 1 aliphatic heterocycles. The lowest BCUT2D eigenvalue weighted by atomic mass is 9.44. The average molecular weight is 837 g/mol. The standard InChI is InChI=1S/C46H65FN4O9/c1-30(2)24-44(16-9-12-39(48)54)25-35(60-51(44)28-32-10-7-6-8-11-32)27-50-40(55)29-59-21-20-58-19-18-49-41(56)46(57)31(3)22-37-36-14-13-33-23-34(52)15-17-42(33,4)45(36,47)38(53)26-43(37,46)5/h6-12,15,17,23,30-31,35-38,53,57H,13-14,16,18-22,24-29H2,1-5H3,(H2,48,54)(H,49,56)(H,50,55)/b12-9+/t31-,35-,36+,37+,38+,42+,43+,44-,45+,46+/m1/s1. The Morgan fingerprint density at radius 2 is 1.82 bits per heavy atom. The fourth-order valence-electron chi connectivity index (χ4n) is 11.6. The molecule has 3 saturated carbocycles. The van der Waals surface area contributed by atoms with E-state index in [-0.39, 0.29) is 69.7 Å². The van der Waals surface area contributed by atoms with E-state index < -0.39 is 57.4 Å². The van der Waals surface area contributed by atoms with Gasteiger partial charge < -0.3 is 36.1 Å². The summed E-state index contributed by atoms with van der Waals surface area (Å²) in [6.45, 7) is 10.8. The van der Waals surface area contributed by atoms with Crippen molar-refractivity contribution < 1.29 is 48.1 Å². The van der Waals surface area contributed by atoms with Gasteiger partial charge in [-0.3, -0.25) is 24.0 Å². The van der Waals surface area contributed by atoms with Crippen molar-refractivity contribution in [1.29, 1.82) is 0 Å². The monoisotopic (exact) mass is 836 g/mol. The fourth-order valence-corrected chi connectivity index (χ4v) is 11.6. The maximum Gasteiger partial charge on any atom is 0.252 e. The van der Waals surface area contributed by atoms with Crippen molar-refractivity contribution in [1.82, 2.24) is 15.7 Å². The van der Waals surface area contributed by atoms with Gasteiger partial charge in [-0.05, 0) is 93.4 Å². The molecule has 0 radical (unpaired) electrons. The smallest absolute Gasteiger partial charge is 0.252 e. The number of allylic oxidation sites excluding steroid dienone is 4. The predicted molar refractivity (Wildman–Crippen MR) is 222 cm³/mol. The molecule has 6 N–H and O–H groups in total. The molecule has 0 unspecified atom stereocenters. The Morgan fingerprint density at radius 3 is 2.53 bits per heavy atom. The van der Waals surface area contributed by atoms with E-state index in [1.165, 1.54) is 18.2 Å². The van der Waals surface area contributed by atoms with Crippen molar-refractivity contribution >= 4 is 23.5 Å². The number of alkyl halides is 1. The minimum Gasteiger partial charge on any atom is -0.390 e. The minimum atomic E-state index is -2.04. The third-order valence-corrected chi connectivity index (χ3v) is 14.4. The van der Waals surface area contributed by atoms with Crippen molar-refractivity contribution in [3.8, 4) is 0 Å². The Bertz CT molecular complexity index is 1840. The molecule has 0 spiro atoms. The summed E-state index contributed by atoms with van der Waals surface area (Å²) >= 11 is 0. The number of primary amides is 1. The number of ether oxygens (including phenoxy) is 2. The molecule has 0 bridgehead atoms. The number of halogens is 1. The largest absolute Gasteiger partial charge is 0.390 e. The molecule has 60 heavy (non-hydrogen) atoms. The molecule has 6 rings (SSSR count). The van der Waals surface area contributed by atoms with Gasteiger partial charge in [0.25, 0.3) is 5.91 Å². The lowest BCUT2D eigenvalue weighted by Crippen LogP contribution is -2.70. The first kappa shape index (κ1) is 45.7. The fraction of sp³-hybridized carbons (Fsp3) is 0.652. The van der Waals surface area contributed by atoms with E-state index in [1.54, 1.807) is 26.0 Å². The Kier molecular flexibility index (Phi) is 13.9. The summed E-state index contributed by atoms with van der Waals surface area (Å²) in [5.74, 6) is -2.67. The summed E-state index contributed by atoms with van der Waals surface area (Å²) in [4.78, 5) is 56.6. The van der Waals surface area contributed by atoms with Gasteiger partial charge in [-0.1, -0.05) is 75.8 Å². The van der Waals surface area contributed by atoms with Crippen LogP contribution in [-0.4, -0.2) is 107 Å². The van der Waals surface area contributed by atoms with Crippen LogP contribution in [0.1, 0.15) is 85.1 Å². The number of hydrogen-bond acceptors (Lipinski definition) is 10. The number of nitrogens with zero attached hydrogens (tertiary/aromatic N) is 1. The van der Waals surface area contributed by atoms with Crippen LogP contribution in [0.2, 0.25) is 0 Å². The number of nitrogens with one attached hydrogen (secondary N) is 2. The predicted octanol–water partition coefficient (Wildman–Crippen LogP) is 4.02. The maximum absolute atomic E-state index is 17.5. The molecule has 4 fully saturated rings. The molecule has 4 aliphatic carbocycles. The van der Waals surface area contributed by atoms with Crippen LogP contribution in [0.3, 0.4) is 0 Å². The van der Waals surface area contributed by atoms with Crippen LogP contribution in [0.15, 0.2) is 66.3 Å². The van der Waals surface area contributed by atoms with Crippen LogP contribution in [0.4, 0.5) is 4.39 Å². The third kappa shape index (κ3) is 8.65. The molecule has 1 heterocycles. The van der Waals surface area contributed by atoms with Crippen LogP contribution in [0, 0.1) is 34.5 Å². The second-order valence-corrected chi connectivity index (χ2v) is 18.7. The number of carbonyl (C=O) groups excluding carboxylic acids is 4. The zero-order chi connectivity index (χ0) is 43.5. The van der Waals surface area contributed by atoms with Gasteiger partial charge in [0, 0.05) is 36.4 Å². The van der Waals surface area contributed by atoms with Gasteiger partial charge in [-0.2, -0.15) is 5.06 Å². The molecule has 330 valence electrons. The number of aliphatic hydroxyl groups is 2. The van der Waals surface area contributed by atoms with Gasteiger partial charge in [-0.25, -0.2) is 4.39 Å². The number of rotatable bonds is 18. The molecule has 5 aliphatic rings. The Balaban J connectivity index is 0.933. The van der Waals surface area contributed by atoms with E-state index in [0.717, 1.165) is 12.0 Å². The lowest BCUT2D eigenvalue weighted by Gasteiger charge is -2.62. The number of ketones is 1. The topological polar surface area (TPSA) is 190 Å².